The number of ether oxygens (including phenoxy) is 5. The Labute approximate surface area is 379 Å². The van der Waals surface area contributed by atoms with Gasteiger partial charge in [-0.05, 0) is 117 Å². The van der Waals surface area contributed by atoms with E-state index in [1.807, 2.05) is 6.08 Å². The summed E-state index contributed by atoms with van der Waals surface area (Å²) in [6.07, 6.45) is 15.4. The molecule has 2 aliphatic rings. The van der Waals surface area contributed by atoms with E-state index in [0.29, 0.717) is 43.3 Å². The second-order valence-electron chi connectivity index (χ2n) is 18.3. The van der Waals surface area contributed by atoms with Crippen LogP contribution in [0.3, 0.4) is 0 Å². The summed E-state index contributed by atoms with van der Waals surface area (Å²) in [6.45, 7) is 19.6. The Kier molecular flexibility index (Phi) is 30.7. The highest BCUT2D eigenvalue weighted by molar-refractivity contribution is 6.40. The molecule has 0 spiro atoms. The summed E-state index contributed by atoms with van der Waals surface area (Å²) in [4.78, 5) is 61.0. The molecule has 1 saturated carbocycles. The number of unbranched alkanes of at least 4 members (excludes halogenated alkanes) is 2. The molecule has 1 heterocycles. The highest BCUT2D eigenvalue weighted by Gasteiger charge is 2.51. The minimum absolute atomic E-state index is 0.0113. The molecule has 5 unspecified atom stereocenters. The predicted octanol–water partition coefficient (Wildman–Crippen LogP) is 8.34. The molecule has 0 radical (unpaired) electrons. The molecule has 14 heteroatoms. The first-order valence-corrected chi connectivity index (χ1v) is 22.9. The zero-order valence-electron chi connectivity index (χ0n) is 41.0. The van der Waals surface area contributed by atoms with Gasteiger partial charge in [-0.3, -0.25) is 24.5 Å². The summed E-state index contributed by atoms with van der Waals surface area (Å²) in [5.41, 5.74) is 0.401. The van der Waals surface area contributed by atoms with E-state index in [4.69, 9.17) is 24.1 Å². The molecule has 0 aromatic rings. The minimum atomic E-state index is -1.64. The van der Waals surface area contributed by atoms with Crippen molar-refractivity contribution in [3.05, 3.63) is 36.0 Å². The number of esters is 1. The number of amides is 1. The van der Waals surface area contributed by atoms with Gasteiger partial charge in [0, 0.05) is 59.7 Å². The van der Waals surface area contributed by atoms with Crippen LogP contribution in [0.15, 0.2) is 36.0 Å². The summed E-state index contributed by atoms with van der Waals surface area (Å²) in [5, 5.41) is 23.6. The third-order valence-corrected chi connectivity index (χ3v) is 11.2. The summed E-state index contributed by atoms with van der Waals surface area (Å²) in [5.74, 6) is -1.06. The minimum Gasteiger partial charge on any atom is -0.465 e. The quantitative estimate of drug-likeness (QED) is 0.0296. The van der Waals surface area contributed by atoms with Crippen molar-refractivity contribution < 1.29 is 57.9 Å². The van der Waals surface area contributed by atoms with Crippen molar-refractivity contribution in [2.45, 2.75) is 175 Å². The van der Waals surface area contributed by atoms with Crippen molar-refractivity contribution in [3.8, 4) is 0 Å². The number of carbonyl (C=O) groups excluding carboxylic acids is 4. The first kappa shape index (κ1) is 59.7. The van der Waals surface area contributed by atoms with Gasteiger partial charge in [-0.15, -0.1) is 6.58 Å². The third-order valence-electron chi connectivity index (χ3n) is 11.2. The van der Waals surface area contributed by atoms with Gasteiger partial charge >= 0.3 is 12.1 Å². The van der Waals surface area contributed by atoms with Crippen LogP contribution in [-0.4, -0.2) is 117 Å². The van der Waals surface area contributed by atoms with Gasteiger partial charge in [0.05, 0.1) is 31.5 Å². The van der Waals surface area contributed by atoms with Crippen molar-refractivity contribution in [2.24, 2.45) is 23.7 Å². The smallest absolute Gasteiger partial charge is 0.404 e. The number of ketones is 3. The van der Waals surface area contributed by atoms with E-state index in [2.05, 4.69) is 61.8 Å². The normalized spacial score (nSPS) is 23.7. The zero-order valence-corrected chi connectivity index (χ0v) is 41.0. The standard InChI is InChI=1S/C27H46O3.C20H34N2O8.C2H6O/c1-7-9-11-20(3)18-24(10-8-2)25(28)14-12-21(4)16-22(5)17-23-13-15-26(29)27(19-23)30-6;1-13-10-14(28-5)12-29-20(13,22-11-16(24)30-19(2,3)4)17(25)15(23)8-6-7-9-21-18(26)27;1-3-2/h8,17-18,21,23-24,26-27,29H,2,7,9-16,19H2,1,3-6H3;13-14,21-22H,6-12H2,1-5H3,(H,26,27);1-2H3/b20-18+,22-17+;;/t21-,23?,24-,26-,27?;;/m1../s1. The van der Waals surface area contributed by atoms with Crippen LogP contribution in [0, 0.1) is 23.7 Å². The van der Waals surface area contributed by atoms with E-state index < -0.39 is 40.9 Å². The number of Topliss-reactive ketones (excluding diaryl/α,β-unsaturated/α-hetero) is 3. The number of aliphatic hydroxyl groups excluding tert-OH is 1. The first-order chi connectivity index (χ1) is 29.6. The average Bonchev–Trinajstić information content (AvgIpc) is 3.21. The number of carboxylic acid groups (broad SMARTS) is 1. The lowest BCUT2D eigenvalue weighted by atomic mass is 9.83. The topological polar surface area (TPSA) is 196 Å². The van der Waals surface area contributed by atoms with Crippen molar-refractivity contribution >= 4 is 29.4 Å². The Hall–Kier alpha value is -3.27. The van der Waals surface area contributed by atoms with Crippen molar-refractivity contribution in [3.63, 3.8) is 0 Å². The molecule has 0 aromatic heterocycles. The second kappa shape index (κ2) is 32.4. The lowest BCUT2D eigenvalue weighted by molar-refractivity contribution is -0.192. The molecule has 2 rings (SSSR count). The fourth-order valence-corrected chi connectivity index (χ4v) is 7.86. The Balaban J connectivity index is 0.00000115. The molecule has 1 aliphatic carbocycles. The van der Waals surface area contributed by atoms with Gasteiger partial charge in [0.1, 0.15) is 11.4 Å². The summed E-state index contributed by atoms with van der Waals surface area (Å²) in [6, 6.07) is 0. The number of hydrogen-bond donors (Lipinski definition) is 4. The zero-order chi connectivity index (χ0) is 48.2. The highest BCUT2D eigenvalue weighted by atomic mass is 16.6. The average molecular weight is 895 g/mol. The van der Waals surface area contributed by atoms with Gasteiger partial charge in [0.2, 0.25) is 11.6 Å². The lowest BCUT2D eigenvalue weighted by Crippen LogP contribution is -2.65. The Morgan fingerprint density at radius 1 is 0.952 bits per heavy atom. The van der Waals surface area contributed by atoms with Gasteiger partial charge in [-0.2, -0.15) is 0 Å². The monoisotopic (exact) mass is 895 g/mol. The van der Waals surface area contributed by atoms with Crippen LogP contribution in [0.2, 0.25) is 0 Å². The molecule has 1 saturated heterocycles. The molecule has 2 fully saturated rings. The second-order valence-corrected chi connectivity index (χ2v) is 18.3. The van der Waals surface area contributed by atoms with Gasteiger partial charge in [-0.25, -0.2) is 4.79 Å². The molecule has 0 bridgehead atoms. The van der Waals surface area contributed by atoms with Crippen LogP contribution in [0.4, 0.5) is 4.79 Å². The molecule has 1 aliphatic heterocycles. The van der Waals surface area contributed by atoms with Crippen LogP contribution < -0.4 is 10.6 Å². The molecular formula is C49H86N2O12. The number of hydrogen-bond acceptors (Lipinski definition) is 12. The Morgan fingerprint density at radius 2 is 1.62 bits per heavy atom. The molecule has 1 amide bonds. The number of carbonyl (C=O) groups is 5. The maximum Gasteiger partial charge on any atom is 0.404 e. The molecule has 0 aromatic carbocycles. The van der Waals surface area contributed by atoms with E-state index in [0.717, 1.165) is 44.9 Å². The van der Waals surface area contributed by atoms with E-state index in [1.54, 1.807) is 56.1 Å². The largest absolute Gasteiger partial charge is 0.465 e. The number of allylic oxidation sites excluding steroid dienone is 5. The van der Waals surface area contributed by atoms with E-state index in [1.165, 1.54) is 24.0 Å². The predicted molar refractivity (Wildman–Crippen MR) is 247 cm³/mol. The van der Waals surface area contributed by atoms with Crippen molar-refractivity contribution in [2.75, 3.05) is 48.1 Å². The van der Waals surface area contributed by atoms with Gasteiger partial charge in [0.25, 0.3) is 0 Å². The van der Waals surface area contributed by atoms with Gasteiger partial charge in [0.15, 0.2) is 5.72 Å². The van der Waals surface area contributed by atoms with Crippen LogP contribution in [0.25, 0.3) is 0 Å². The molecule has 8 atom stereocenters. The SMILES string of the molecule is C=CC[C@H](/C=C(\C)CCCC)C(=O)CC[C@@H](C)C/C(C)=C/C1CC[C@@H](O)C(OC)C1.COC.COC1COC(NCC(=O)OC(C)(C)C)(C(=O)C(=O)CCCCNC(=O)O)C(C)C1. The highest BCUT2D eigenvalue weighted by Crippen LogP contribution is 2.33. The summed E-state index contributed by atoms with van der Waals surface area (Å²) in [7, 11) is 6.48. The fourth-order valence-electron chi connectivity index (χ4n) is 7.86. The van der Waals surface area contributed by atoms with E-state index in [-0.39, 0.29) is 50.3 Å². The molecule has 14 nitrogen and oxygen atoms in total. The number of rotatable bonds is 25. The first-order valence-electron chi connectivity index (χ1n) is 22.9. The molecule has 4 N–H and O–H groups in total. The number of methoxy groups -OCH3 is 3. The van der Waals surface area contributed by atoms with Crippen molar-refractivity contribution in [1.29, 1.82) is 0 Å². The van der Waals surface area contributed by atoms with Crippen LogP contribution in [-0.2, 0) is 42.9 Å². The maximum absolute atomic E-state index is 13.1. The van der Waals surface area contributed by atoms with Crippen molar-refractivity contribution in [1.82, 2.24) is 10.6 Å². The maximum atomic E-state index is 13.1. The fraction of sp³-hybridized carbons (Fsp3) is 0.776. The third kappa shape index (κ3) is 25.1. The Bertz CT molecular complexity index is 1440. The lowest BCUT2D eigenvalue weighted by Gasteiger charge is -2.43. The summed E-state index contributed by atoms with van der Waals surface area (Å²) >= 11 is 0. The van der Waals surface area contributed by atoms with Crippen LogP contribution >= 0.6 is 0 Å². The van der Waals surface area contributed by atoms with E-state index in [9.17, 15) is 29.1 Å². The number of nitrogens with one attached hydrogen (secondary N) is 2. The van der Waals surface area contributed by atoms with Gasteiger partial charge < -0.3 is 39.2 Å². The summed E-state index contributed by atoms with van der Waals surface area (Å²) < 4.78 is 26.0. The van der Waals surface area contributed by atoms with Crippen LogP contribution in [0.1, 0.15) is 145 Å². The molecular weight excluding hydrogens is 809 g/mol. The van der Waals surface area contributed by atoms with Crippen LogP contribution in [0.5, 0.6) is 0 Å². The molecule has 364 valence electrons. The number of aliphatic hydroxyl groups is 1. The van der Waals surface area contributed by atoms with Gasteiger partial charge in [-0.1, -0.05) is 56.6 Å². The Morgan fingerprint density at radius 3 is 2.17 bits per heavy atom. The van der Waals surface area contributed by atoms with E-state index >= 15 is 0 Å². The molecule has 63 heavy (non-hydrogen) atoms.